The first-order valence-corrected chi connectivity index (χ1v) is 6.28. The van der Waals surface area contributed by atoms with Crippen molar-refractivity contribution >= 4 is 11.7 Å². The highest BCUT2D eigenvalue weighted by molar-refractivity contribution is 5.77. The molecule has 1 aliphatic carbocycles. The van der Waals surface area contributed by atoms with Gasteiger partial charge in [0.25, 0.3) is 0 Å². The standard InChI is InChI=1S/C14H17NO2/c1-2-17-14(16)13-11-8-15(9-12(11)13)10-6-4-3-5-7-10/h3-7,11-13H,2,8-9H2,1H3/t11-,12+,13+. The number of para-hydroxylation sites is 1. The van der Waals surface area contributed by atoms with Crippen LogP contribution < -0.4 is 4.90 Å². The Hall–Kier alpha value is -1.51. The molecule has 0 bridgehead atoms. The normalized spacial score (nSPS) is 29.9. The highest BCUT2D eigenvalue weighted by Gasteiger charge is 2.60. The number of hydrogen-bond acceptors (Lipinski definition) is 3. The van der Waals surface area contributed by atoms with Crippen molar-refractivity contribution in [3.8, 4) is 0 Å². The highest BCUT2D eigenvalue weighted by atomic mass is 16.5. The van der Waals surface area contributed by atoms with E-state index in [1.807, 2.05) is 13.0 Å². The third kappa shape index (κ3) is 1.79. The van der Waals surface area contributed by atoms with Gasteiger partial charge in [0, 0.05) is 18.8 Å². The fraction of sp³-hybridized carbons (Fsp3) is 0.500. The molecule has 1 heterocycles. The van der Waals surface area contributed by atoms with Gasteiger partial charge in [-0.05, 0) is 30.9 Å². The van der Waals surface area contributed by atoms with Gasteiger partial charge >= 0.3 is 5.97 Å². The molecule has 1 saturated heterocycles. The van der Waals surface area contributed by atoms with Crippen molar-refractivity contribution in [1.29, 1.82) is 0 Å². The van der Waals surface area contributed by atoms with Gasteiger partial charge in [-0.25, -0.2) is 0 Å². The zero-order valence-electron chi connectivity index (χ0n) is 10.0. The quantitative estimate of drug-likeness (QED) is 0.744. The molecule has 1 aromatic rings. The molecule has 3 nitrogen and oxygen atoms in total. The van der Waals surface area contributed by atoms with Crippen molar-refractivity contribution in [3.63, 3.8) is 0 Å². The number of piperidine rings is 1. The summed E-state index contributed by atoms with van der Waals surface area (Å²) in [5.41, 5.74) is 1.27. The Morgan fingerprint density at radius 3 is 2.53 bits per heavy atom. The summed E-state index contributed by atoms with van der Waals surface area (Å²) in [4.78, 5) is 14.0. The van der Waals surface area contributed by atoms with Crippen LogP contribution in [-0.4, -0.2) is 25.7 Å². The van der Waals surface area contributed by atoms with Crippen molar-refractivity contribution in [2.75, 3.05) is 24.6 Å². The van der Waals surface area contributed by atoms with Crippen molar-refractivity contribution < 1.29 is 9.53 Å². The third-order valence-electron chi connectivity index (χ3n) is 3.87. The second kappa shape index (κ2) is 4.06. The molecule has 0 amide bonds. The van der Waals surface area contributed by atoms with Crippen LogP contribution in [0.15, 0.2) is 30.3 Å². The summed E-state index contributed by atoms with van der Waals surface area (Å²) >= 11 is 0. The maximum atomic E-state index is 11.6. The molecule has 1 saturated carbocycles. The van der Waals surface area contributed by atoms with Gasteiger partial charge in [0.05, 0.1) is 12.5 Å². The van der Waals surface area contributed by atoms with Crippen molar-refractivity contribution in [1.82, 2.24) is 0 Å². The van der Waals surface area contributed by atoms with Gasteiger partial charge in [0.2, 0.25) is 0 Å². The van der Waals surface area contributed by atoms with Gasteiger partial charge in [0.15, 0.2) is 0 Å². The van der Waals surface area contributed by atoms with Crippen LogP contribution in [0.1, 0.15) is 6.92 Å². The molecule has 0 aromatic heterocycles. The Morgan fingerprint density at radius 2 is 1.94 bits per heavy atom. The smallest absolute Gasteiger partial charge is 0.309 e. The highest BCUT2D eigenvalue weighted by Crippen LogP contribution is 2.53. The average molecular weight is 231 g/mol. The predicted octanol–water partition coefficient (Wildman–Crippen LogP) is 1.93. The Balaban J connectivity index is 1.60. The SMILES string of the molecule is CCOC(=O)[C@H]1[C@@H]2CN(c3ccccc3)C[C@@H]21. The van der Waals surface area contributed by atoms with Crippen molar-refractivity contribution in [2.45, 2.75) is 6.92 Å². The fourth-order valence-corrected chi connectivity index (χ4v) is 2.96. The summed E-state index contributed by atoms with van der Waals surface area (Å²) < 4.78 is 5.09. The number of fused-ring (bicyclic) bond motifs is 1. The molecule has 17 heavy (non-hydrogen) atoms. The summed E-state index contributed by atoms with van der Waals surface area (Å²) in [5, 5.41) is 0. The molecule has 90 valence electrons. The van der Waals surface area contributed by atoms with Gasteiger partial charge in [0.1, 0.15) is 0 Å². The lowest BCUT2D eigenvalue weighted by atomic mass is 10.2. The van der Waals surface area contributed by atoms with E-state index in [1.165, 1.54) is 5.69 Å². The van der Waals surface area contributed by atoms with Crippen LogP contribution in [0, 0.1) is 17.8 Å². The number of ether oxygens (including phenoxy) is 1. The first-order valence-electron chi connectivity index (χ1n) is 6.28. The number of nitrogens with zero attached hydrogens (tertiary/aromatic N) is 1. The Morgan fingerprint density at radius 1 is 1.29 bits per heavy atom. The molecule has 0 spiro atoms. The minimum absolute atomic E-state index is 0.00946. The van der Waals surface area contributed by atoms with E-state index >= 15 is 0 Å². The minimum atomic E-state index is 0.00946. The van der Waals surface area contributed by atoms with Gasteiger partial charge in [-0.1, -0.05) is 18.2 Å². The third-order valence-corrected chi connectivity index (χ3v) is 3.87. The Kier molecular flexibility index (Phi) is 2.54. The molecule has 1 aromatic carbocycles. The Bertz CT molecular complexity index is 405. The average Bonchev–Trinajstić information content (AvgIpc) is 2.86. The van der Waals surface area contributed by atoms with Crippen LogP contribution in [0.2, 0.25) is 0 Å². The van der Waals surface area contributed by atoms with Gasteiger partial charge < -0.3 is 9.64 Å². The number of carbonyl (C=O) groups excluding carboxylic acids is 1. The number of esters is 1. The van der Waals surface area contributed by atoms with E-state index in [9.17, 15) is 4.79 Å². The van der Waals surface area contributed by atoms with E-state index < -0.39 is 0 Å². The molecule has 0 unspecified atom stereocenters. The van der Waals surface area contributed by atoms with E-state index in [-0.39, 0.29) is 11.9 Å². The van der Waals surface area contributed by atoms with Crippen LogP contribution >= 0.6 is 0 Å². The molecule has 2 fully saturated rings. The zero-order chi connectivity index (χ0) is 11.8. The maximum absolute atomic E-state index is 11.6. The molecule has 3 heteroatoms. The van der Waals surface area contributed by atoms with E-state index in [0.717, 1.165) is 13.1 Å². The lowest BCUT2D eigenvalue weighted by Crippen LogP contribution is -2.26. The summed E-state index contributed by atoms with van der Waals surface area (Å²) in [7, 11) is 0. The first-order chi connectivity index (χ1) is 8.31. The molecule has 0 N–H and O–H groups in total. The number of rotatable bonds is 3. The van der Waals surface area contributed by atoms with E-state index in [4.69, 9.17) is 4.74 Å². The van der Waals surface area contributed by atoms with Crippen LogP contribution in [0.25, 0.3) is 0 Å². The van der Waals surface area contributed by atoms with Crippen LogP contribution in [0.4, 0.5) is 5.69 Å². The second-order valence-corrected chi connectivity index (χ2v) is 4.85. The summed E-state index contributed by atoms with van der Waals surface area (Å²) in [5.74, 6) is 1.23. The maximum Gasteiger partial charge on any atom is 0.309 e. The van der Waals surface area contributed by atoms with Crippen molar-refractivity contribution in [2.24, 2.45) is 17.8 Å². The fourth-order valence-electron chi connectivity index (χ4n) is 2.96. The molecule has 0 radical (unpaired) electrons. The van der Waals surface area contributed by atoms with Crippen LogP contribution in [0.3, 0.4) is 0 Å². The molecular formula is C14H17NO2. The summed E-state index contributed by atoms with van der Waals surface area (Å²) in [6.45, 7) is 4.36. The number of benzene rings is 1. The second-order valence-electron chi connectivity index (χ2n) is 4.85. The predicted molar refractivity (Wildman–Crippen MR) is 65.8 cm³/mol. The monoisotopic (exact) mass is 231 g/mol. The number of anilines is 1. The van der Waals surface area contributed by atoms with Crippen LogP contribution in [0.5, 0.6) is 0 Å². The molecule has 2 aliphatic rings. The van der Waals surface area contributed by atoms with E-state index in [1.54, 1.807) is 0 Å². The van der Waals surface area contributed by atoms with Gasteiger partial charge in [-0.2, -0.15) is 0 Å². The van der Waals surface area contributed by atoms with Crippen LogP contribution in [-0.2, 0) is 9.53 Å². The largest absolute Gasteiger partial charge is 0.466 e. The van der Waals surface area contributed by atoms with Gasteiger partial charge in [-0.3, -0.25) is 4.79 Å². The summed E-state index contributed by atoms with van der Waals surface area (Å²) in [6, 6.07) is 10.4. The minimum Gasteiger partial charge on any atom is -0.466 e. The first kappa shape index (κ1) is 10.6. The number of hydrogen-bond donors (Lipinski definition) is 0. The van der Waals surface area contributed by atoms with E-state index in [0.29, 0.717) is 18.4 Å². The summed E-state index contributed by atoms with van der Waals surface area (Å²) in [6.07, 6.45) is 0. The number of carbonyl (C=O) groups is 1. The lowest BCUT2D eigenvalue weighted by Gasteiger charge is -2.21. The van der Waals surface area contributed by atoms with E-state index in [2.05, 4.69) is 29.2 Å². The zero-order valence-corrected chi connectivity index (χ0v) is 10.0. The molecule has 3 rings (SSSR count). The molecule has 1 aliphatic heterocycles. The van der Waals surface area contributed by atoms with Gasteiger partial charge in [-0.15, -0.1) is 0 Å². The topological polar surface area (TPSA) is 29.5 Å². The lowest BCUT2D eigenvalue weighted by molar-refractivity contribution is -0.145. The Labute approximate surface area is 101 Å². The van der Waals surface area contributed by atoms with Crippen molar-refractivity contribution in [3.05, 3.63) is 30.3 Å². The molecular weight excluding hydrogens is 214 g/mol. The molecule has 3 atom stereocenters.